The van der Waals surface area contributed by atoms with E-state index in [1.54, 1.807) is 0 Å². The SMILES string of the molecule is COc1c(F)c(F)c2sc3c(F)c(F)c(F)c(F)c3c2c1F. The molecule has 0 bridgehead atoms. The molecule has 0 fully saturated rings. The molecule has 0 radical (unpaired) electrons. The number of hydrogen-bond acceptors (Lipinski definition) is 2. The van der Waals surface area contributed by atoms with Gasteiger partial charge in [-0.05, 0) is 0 Å². The second-order valence-corrected chi connectivity index (χ2v) is 5.26. The van der Waals surface area contributed by atoms with Gasteiger partial charge in [-0.15, -0.1) is 11.3 Å². The predicted octanol–water partition coefficient (Wildman–Crippen LogP) is 5.04. The molecule has 0 spiro atoms. The molecular weight excluding hydrogens is 337 g/mol. The van der Waals surface area contributed by atoms with Crippen LogP contribution in [0.3, 0.4) is 0 Å². The fraction of sp³-hybridized carbons (Fsp3) is 0.0769. The third-order valence-corrected chi connectivity index (χ3v) is 4.29. The first kappa shape index (κ1) is 14.9. The summed E-state index contributed by atoms with van der Waals surface area (Å²) in [6.45, 7) is 0. The van der Waals surface area contributed by atoms with E-state index in [9.17, 15) is 30.7 Å². The second kappa shape index (κ2) is 4.73. The number of benzene rings is 2. The Morgan fingerprint density at radius 2 is 1.05 bits per heavy atom. The molecule has 1 nitrogen and oxygen atoms in total. The van der Waals surface area contributed by atoms with Gasteiger partial charge in [-0.25, -0.2) is 26.3 Å². The van der Waals surface area contributed by atoms with Gasteiger partial charge in [-0.1, -0.05) is 0 Å². The van der Waals surface area contributed by atoms with Crippen molar-refractivity contribution < 1.29 is 35.5 Å². The standard InChI is InChI=1S/C13H3F7OS/c1-21-11-5(15)3-2-4(14)6(16)7(17)9(19)12(2)22-13(3)10(20)8(11)18/h1H3. The van der Waals surface area contributed by atoms with E-state index in [1.165, 1.54) is 0 Å². The quantitative estimate of drug-likeness (QED) is 0.343. The van der Waals surface area contributed by atoms with Gasteiger partial charge < -0.3 is 4.74 Å². The van der Waals surface area contributed by atoms with Crippen molar-refractivity contribution in [2.45, 2.75) is 0 Å². The summed E-state index contributed by atoms with van der Waals surface area (Å²) in [5, 5.41) is -1.92. The van der Waals surface area contributed by atoms with Gasteiger partial charge >= 0.3 is 0 Å². The van der Waals surface area contributed by atoms with Gasteiger partial charge in [-0.3, -0.25) is 0 Å². The summed E-state index contributed by atoms with van der Waals surface area (Å²) >= 11 is 0.0672. The fourth-order valence-corrected chi connectivity index (χ4v) is 3.30. The highest BCUT2D eigenvalue weighted by Crippen LogP contribution is 2.44. The molecule has 0 unspecified atom stereocenters. The van der Waals surface area contributed by atoms with Crippen LogP contribution in [0.2, 0.25) is 0 Å². The Kier molecular flexibility index (Phi) is 3.20. The van der Waals surface area contributed by atoms with Crippen molar-refractivity contribution in [2.24, 2.45) is 0 Å². The Labute approximate surface area is 121 Å². The molecule has 22 heavy (non-hydrogen) atoms. The normalized spacial score (nSPS) is 11.6. The Bertz CT molecular complexity index is 948. The number of thiophene rings is 1. The summed E-state index contributed by atoms with van der Waals surface area (Å²) < 4.78 is 98.4. The highest BCUT2D eigenvalue weighted by atomic mass is 32.1. The molecule has 3 aromatic rings. The molecule has 0 amide bonds. The predicted molar refractivity (Wildman–Crippen MR) is 65.6 cm³/mol. The summed E-state index contributed by atoms with van der Waals surface area (Å²) in [7, 11) is 0.832. The topological polar surface area (TPSA) is 9.23 Å². The highest BCUT2D eigenvalue weighted by Gasteiger charge is 2.30. The van der Waals surface area contributed by atoms with Crippen LogP contribution in [0.25, 0.3) is 20.2 Å². The van der Waals surface area contributed by atoms with Gasteiger partial charge in [0.25, 0.3) is 0 Å². The minimum Gasteiger partial charge on any atom is -0.491 e. The number of fused-ring (bicyclic) bond motifs is 3. The van der Waals surface area contributed by atoms with Gasteiger partial charge in [0.1, 0.15) is 0 Å². The Morgan fingerprint density at radius 1 is 0.591 bits per heavy atom. The van der Waals surface area contributed by atoms with E-state index in [0.29, 0.717) is 0 Å². The number of hydrogen-bond donors (Lipinski definition) is 0. The van der Waals surface area contributed by atoms with Gasteiger partial charge in [0.15, 0.2) is 40.7 Å². The van der Waals surface area contributed by atoms with E-state index in [2.05, 4.69) is 4.74 Å². The van der Waals surface area contributed by atoms with E-state index >= 15 is 0 Å². The molecule has 0 N–H and O–H groups in total. The molecule has 0 aliphatic heterocycles. The zero-order valence-corrected chi connectivity index (χ0v) is 11.3. The third-order valence-electron chi connectivity index (χ3n) is 3.12. The number of halogens is 7. The summed E-state index contributed by atoms with van der Waals surface area (Å²) in [4.78, 5) is 0. The maximum atomic E-state index is 14.2. The molecule has 1 heterocycles. The Morgan fingerprint density at radius 3 is 1.59 bits per heavy atom. The summed E-state index contributed by atoms with van der Waals surface area (Å²) in [6.07, 6.45) is 0. The van der Waals surface area contributed by atoms with Crippen molar-refractivity contribution >= 4 is 31.5 Å². The Balaban J connectivity index is 2.70. The van der Waals surface area contributed by atoms with Crippen LogP contribution in [0.5, 0.6) is 5.75 Å². The van der Waals surface area contributed by atoms with E-state index in [0.717, 1.165) is 7.11 Å². The second-order valence-electron chi connectivity index (χ2n) is 4.24. The molecular formula is C13H3F7OS. The Hall–Kier alpha value is -2.03. The highest BCUT2D eigenvalue weighted by molar-refractivity contribution is 7.25. The van der Waals surface area contributed by atoms with E-state index in [1.807, 2.05) is 0 Å². The van der Waals surface area contributed by atoms with Gasteiger partial charge in [-0.2, -0.15) is 4.39 Å². The first-order chi connectivity index (χ1) is 10.3. The molecule has 116 valence electrons. The van der Waals surface area contributed by atoms with Crippen molar-refractivity contribution in [3.05, 3.63) is 40.7 Å². The first-order valence-electron chi connectivity index (χ1n) is 5.59. The lowest BCUT2D eigenvalue weighted by atomic mass is 10.1. The minimum absolute atomic E-state index is 0.0672. The van der Waals surface area contributed by atoms with Gasteiger partial charge in [0.2, 0.25) is 5.82 Å². The summed E-state index contributed by atoms with van der Waals surface area (Å²) in [5.74, 6) is -14.0. The van der Waals surface area contributed by atoms with Crippen LogP contribution in [-0.2, 0) is 0 Å². The van der Waals surface area contributed by atoms with E-state index in [4.69, 9.17) is 0 Å². The van der Waals surface area contributed by atoms with Gasteiger partial charge in [0, 0.05) is 10.8 Å². The van der Waals surface area contributed by atoms with Crippen LogP contribution >= 0.6 is 11.3 Å². The first-order valence-corrected chi connectivity index (χ1v) is 6.41. The minimum atomic E-state index is -2.17. The number of methoxy groups -OCH3 is 1. The fourth-order valence-electron chi connectivity index (χ4n) is 2.15. The van der Waals surface area contributed by atoms with E-state index < -0.39 is 66.6 Å². The van der Waals surface area contributed by atoms with Crippen LogP contribution in [0.1, 0.15) is 0 Å². The third kappa shape index (κ3) is 1.65. The van der Waals surface area contributed by atoms with Crippen molar-refractivity contribution in [3.63, 3.8) is 0 Å². The van der Waals surface area contributed by atoms with Crippen LogP contribution in [0.15, 0.2) is 0 Å². The van der Waals surface area contributed by atoms with Crippen molar-refractivity contribution in [1.29, 1.82) is 0 Å². The number of rotatable bonds is 1. The molecule has 0 atom stereocenters. The average molecular weight is 340 g/mol. The average Bonchev–Trinajstić information content (AvgIpc) is 2.90. The lowest BCUT2D eigenvalue weighted by molar-refractivity contribution is 0.351. The summed E-state index contributed by atoms with van der Waals surface area (Å²) in [6, 6.07) is 0. The zero-order chi connectivity index (χ0) is 16.3. The smallest absolute Gasteiger partial charge is 0.205 e. The lowest BCUT2D eigenvalue weighted by Gasteiger charge is -2.06. The van der Waals surface area contributed by atoms with Crippen molar-refractivity contribution in [3.8, 4) is 5.75 Å². The molecule has 1 aromatic heterocycles. The zero-order valence-electron chi connectivity index (χ0n) is 10.5. The molecule has 0 saturated heterocycles. The van der Waals surface area contributed by atoms with Crippen LogP contribution in [-0.4, -0.2) is 7.11 Å². The van der Waals surface area contributed by atoms with Crippen molar-refractivity contribution in [1.82, 2.24) is 0 Å². The molecule has 2 aromatic carbocycles. The molecule has 9 heteroatoms. The molecule has 0 aliphatic carbocycles. The maximum absolute atomic E-state index is 14.2. The van der Waals surface area contributed by atoms with Crippen LogP contribution < -0.4 is 4.74 Å². The molecule has 3 rings (SSSR count). The molecule has 0 aliphatic rings. The molecule has 0 saturated carbocycles. The van der Waals surface area contributed by atoms with Crippen molar-refractivity contribution in [2.75, 3.05) is 7.11 Å². The summed E-state index contributed by atoms with van der Waals surface area (Å²) in [5.41, 5.74) is 0. The lowest BCUT2D eigenvalue weighted by Crippen LogP contribution is -1.99. The van der Waals surface area contributed by atoms with Crippen LogP contribution in [0.4, 0.5) is 30.7 Å². The van der Waals surface area contributed by atoms with E-state index in [-0.39, 0.29) is 11.3 Å². The number of ether oxygens (including phenoxy) is 1. The maximum Gasteiger partial charge on any atom is 0.205 e. The monoisotopic (exact) mass is 340 g/mol. The largest absolute Gasteiger partial charge is 0.491 e. The van der Waals surface area contributed by atoms with Gasteiger partial charge in [0.05, 0.1) is 16.5 Å². The van der Waals surface area contributed by atoms with Crippen LogP contribution in [0, 0.1) is 40.7 Å².